The molecule has 4 nitrogen and oxygen atoms in total. The molecule has 0 aliphatic carbocycles. The van der Waals surface area contributed by atoms with Crippen molar-refractivity contribution in [3.8, 4) is 0 Å². The van der Waals surface area contributed by atoms with Gasteiger partial charge in [0.05, 0.1) is 6.21 Å². The van der Waals surface area contributed by atoms with Gasteiger partial charge in [0.1, 0.15) is 0 Å². The summed E-state index contributed by atoms with van der Waals surface area (Å²) in [5.41, 5.74) is 7.24. The molecule has 0 unspecified atom stereocenters. The molecule has 0 fully saturated rings. The molecule has 0 saturated carbocycles. The van der Waals surface area contributed by atoms with E-state index in [1.807, 2.05) is 24.3 Å². The van der Waals surface area contributed by atoms with E-state index in [4.69, 9.17) is 12.2 Å². The van der Waals surface area contributed by atoms with Crippen molar-refractivity contribution in [2.75, 3.05) is 23.3 Å². The topological polar surface area (TPSA) is 39.7 Å². The average molecular weight is 340 g/mol. The monoisotopic (exact) mass is 340 g/mol. The van der Waals surface area contributed by atoms with Crippen LogP contribution in [0.2, 0.25) is 0 Å². The molecule has 2 N–H and O–H groups in total. The van der Waals surface area contributed by atoms with Crippen LogP contribution in [0.1, 0.15) is 25.0 Å². The van der Waals surface area contributed by atoms with Gasteiger partial charge >= 0.3 is 0 Å². The molecule has 0 aliphatic heterocycles. The fourth-order valence-corrected chi connectivity index (χ4v) is 2.49. The number of benzene rings is 2. The first-order chi connectivity index (χ1) is 11.6. The van der Waals surface area contributed by atoms with Crippen molar-refractivity contribution in [2.45, 2.75) is 20.8 Å². The molecule has 126 valence electrons. The molecular weight excluding hydrogens is 316 g/mol. The van der Waals surface area contributed by atoms with Crippen LogP contribution < -0.4 is 15.6 Å². The quantitative estimate of drug-likeness (QED) is 0.470. The van der Waals surface area contributed by atoms with Crippen molar-refractivity contribution >= 4 is 34.9 Å². The van der Waals surface area contributed by atoms with Crippen molar-refractivity contribution in [3.05, 3.63) is 59.7 Å². The third-order valence-corrected chi connectivity index (χ3v) is 3.90. The lowest BCUT2D eigenvalue weighted by Gasteiger charge is -2.20. The van der Waals surface area contributed by atoms with Crippen molar-refractivity contribution in [1.82, 2.24) is 5.43 Å². The Labute approximate surface area is 149 Å². The van der Waals surface area contributed by atoms with Gasteiger partial charge in [0, 0.05) is 24.5 Å². The number of aryl methyl sites for hydroxylation is 1. The molecule has 2 rings (SSSR count). The first-order valence-corrected chi connectivity index (χ1v) is 8.55. The Morgan fingerprint density at radius 2 is 1.67 bits per heavy atom. The van der Waals surface area contributed by atoms with E-state index in [9.17, 15) is 0 Å². The smallest absolute Gasteiger partial charge is 0.191 e. The van der Waals surface area contributed by atoms with Gasteiger partial charge < -0.3 is 10.2 Å². The van der Waals surface area contributed by atoms with E-state index >= 15 is 0 Å². The van der Waals surface area contributed by atoms with Gasteiger partial charge in [-0.15, -0.1) is 0 Å². The Hall–Kier alpha value is -2.40. The minimum Gasteiger partial charge on any atom is -0.372 e. The standard InChI is InChI=1S/C19H24N4S/c1-4-23(5-2)18-12-8-16(9-13-18)14-20-22-19(24)21-17-10-6-15(3)7-11-17/h6-14H,4-5H2,1-3H3,(H2,21,22,24). The third-order valence-electron chi connectivity index (χ3n) is 3.71. The lowest BCUT2D eigenvalue weighted by molar-refractivity contribution is 0.866. The molecule has 0 amide bonds. The maximum Gasteiger partial charge on any atom is 0.191 e. The predicted molar refractivity (Wildman–Crippen MR) is 108 cm³/mol. The highest BCUT2D eigenvalue weighted by molar-refractivity contribution is 7.80. The van der Waals surface area contributed by atoms with E-state index in [0.29, 0.717) is 5.11 Å². The predicted octanol–water partition coefficient (Wildman–Crippen LogP) is 4.16. The number of anilines is 2. The van der Waals surface area contributed by atoms with Gasteiger partial charge in [0.25, 0.3) is 0 Å². The summed E-state index contributed by atoms with van der Waals surface area (Å²) in [5.74, 6) is 0. The summed E-state index contributed by atoms with van der Waals surface area (Å²) in [5, 5.41) is 7.74. The molecule has 0 heterocycles. The first kappa shape index (κ1) is 17.9. The van der Waals surface area contributed by atoms with Gasteiger partial charge in [-0.2, -0.15) is 5.10 Å². The van der Waals surface area contributed by atoms with E-state index in [1.54, 1.807) is 6.21 Å². The minimum atomic E-state index is 0.467. The van der Waals surface area contributed by atoms with Crippen LogP contribution in [-0.2, 0) is 0 Å². The van der Waals surface area contributed by atoms with Crippen LogP contribution in [0.25, 0.3) is 0 Å². The van der Waals surface area contributed by atoms with Crippen molar-refractivity contribution in [3.63, 3.8) is 0 Å². The molecule has 0 radical (unpaired) electrons. The van der Waals surface area contributed by atoms with Gasteiger partial charge in [-0.3, -0.25) is 5.43 Å². The van der Waals surface area contributed by atoms with Crippen LogP contribution >= 0.6 is 12.2 Å². The largest absolute Gasteiger partial charge is 0.372 e. The Morgan fingerprint density at radius 1 is 1.04 bits per heavy atom. The summed E-state index contributed by atoms with van der Waals surface area (Å²) in [7, 11) is 0. The highest BCUT2D eigenvalue weighted by atomic mass is 32.1. The average Bonchev–Trinajstić information content (AvgIpc) is 2.59. The van der Waals surface area contributed by atoms with Crippen molar-refractivity contribution < 1.29 is 0 Å². The maximum absolute atomic E-state index is 5.23. The van der Waals surface area contributed by atoms with Gasteiger partial charge in [-0.25, -0.2) is 0 Å². The zero-order valence-corrected chi connectivity index (χ0v) is 15.2. The number of hydrogen-bond donors (Lipinski definition) is 2. The summed E-state index contributed by atoms with van der Waals surface area (Å²) < 4.78 is 0. The number of nitrogens with zero attached hydrogens (tertiary/aromatic N) is 2. The Bertz CT molecular complexity index is 674. The second kappa shape index (κ2) is 9.03. The van der Waals surface area contributed by atoms with E-state index in [2.05, 4.69) is 65.8 Å². The number of hydrogen-bond acceptors (Lipinski definition) is 3. The number of thiocarbonyl (C=S) groups is 1. The molecule has 0 bridgehead atoms. The molecule has 0 atom stereocenters. The van der Waals surface area contributed by atoms with Gasteiger partial charge in [-0.05, 0) is 62.8 Å². The number of hydrazone groups is 1. The van der Waals surface area contributed by atoms with Crippen LogP contribution in [0.3, 0.4) is 0 Å². The Kier molecular flexibility index (Phi) is 6.75. The minimum absolute atomic E-state index is 0.467. The van der Waals surface area contributed by atoms with E-state index in [-0.39, 0.29) is 0 Å². The summed E-state index contributed by atoms with van der Waals surface area (Å²) in [6, 6.07) is 16.4. The highest BCUT2D eigenvalue weighted by Gasteiger charge is 2.00. The number of rotatable bonds is 6. The van der Waals surface area contributed by atoms with Crippen LogP contribution in [-0.4, -0.2) is 24.4 Å². The second-order valence-electron chi connectivity index (χ2n) is 5.45. The molecule has 0 saturated heterocycles. The SMILES string of the molecule is CCN(CC)c1ccc(C=NNC(=S)Nc2ccc(C)cc2)cc1. The van der Waals surface area contributed by atoms with Crippen molar-refractivity contribution in [1.29, 1.82) is 0 Å². The van der Waals surface area contributed by atoms with Crippen LogP contribution in [0, 0.1) is 6.92 Å². The van der Waals surface area contributed by atoms with Crippen LogP contribution in [0.5, 0.6) is 0 Å². The Morgan fingerprint density at radius 3 is 2.25 bits per heavy atom. The molecule has 0 aromatic heterocycles. The van der Waals surface area contributed by atoms with E-state index < -0.39 is 0 Å². The fraction of sp³-hybridized carbons (Fsp3) is 0.263. The summed E-state index contributed by atoms with van der Waals surface area (Å²) in [6.07, 6.45) is 1.76. The molecule has 5 heteroatoms. The van der Waals surface area contributed by atoms with Crippen molar-refractivity contribution in [2.24, 2.45) is 5.10 Å². The highest BCUT2D eigenvalue weighted by Crippen LogP contribution is 2.14. The summed E-state index contributed by atoms with van der Waals surface area (Å²) >= 11 is 5.23. The molecule has 0 aliphatic rings. The normalized spacial score (nSPS) is 10.6. The molecule has 24 heavy (non-hydrogen) atoms. The Balaban J connectivity index is 1.86. The van der Waals surface area contributed by atoms with Crippen LogP contribution in [0.4, 0.5) is 11.4 Å². The molecular formula is C19H24N4S. The summed E-state index contributed by atoms with van der Waals surface area (Å²) in [4.78, 5) is 2.31. The van der Waals surface area contributed by atoms with Gasteiger partial charge in [0.15, 0.2) is 5.11 Å². The lowest BCUT2D eigenvalue weighted by atomic mass is 10.2. The lowest BCUT2D eigenvalue weighted by Crippen LogP contribution is -2.23. The number of nitrogens with one attached hydrogen (secondary N) is 2. The maximum atomic E-state index is 5.23. The summed E-state index contributed by atoms with van der Waals surface area (Å²) in [6.45, 7) is 8.38. The van der Waals surface area contributed by atoms with E-state index in [0.717, 1.165) is 24.3 Å². The van der Waals surface area contributed by atoms with Gasteiger partial charge in [0.2, 0.25) is 0 Å². The third kappa shape index (κ3) is 5.35. The molecule has 0 spiro atoms. The molecule has 2 aromatic carbocycles. The zero-order chi connectivity index (χ0) is 17.4. The van der Waals surface area contributed by atoms with Crippen LogP contribution in [0.15, 0.2) is 53.6 Å². The van der Waals surface area contributed by atoms with Gasteiger partial charge in [-0.1, -0.05) is 29.8 Å². The zero-order valence-electron chi connectivity index (χ0n) is 14.4. The molecule has 2 aromatic rings. The fourth-order valence-electron chi connectivity index (χ4n) is 2.32. The second-order valence-corrected chi connectivity index (χ2v) is 5.86. The van der Waals surface area contributed by atoms with E-state index in [1.165, 1.54) is 11.3 Å². The first-order valence-electron chi connectivity index (χ1n) is 8.14.